The van der Waals surface area contributed by atoms with E-state index in [0.29, 0.717) is 12.3 Å². The van der Waals surface area contributed by atoms with Gasteiger partial charge in [-0.1, -0.05) is 12.1 Å². The van der Waals surface area contributed by atoms with Gasteiger partial charge in [-0.2, -0.15) is 0 Å². The van der Waals surface area contributed by atoms with E-state index >= 15 is 0 Å². The minimum atomic E-state index is -0.292. The Balaban J connectivity index is 2.52. The topological polar surface area (TPSA) is 48.4 Å². The summed E-state index contributed by atoms with van der Waals surface area (Å²) in [5.74, 6) is 0.454. The third-order valence-electron chi connectivity index (χ3n) is 2.92. The molecule has 0 bridgehead atoms. The van der Waals surface area contributed by atoms with E-state index in [1.807, 2.05) is 38.1 Å². The van der Waals surface area contributed by atoms with Crippen LogP contribution < -0.4 is 4.74 Å². The van der Waals surface area contributed by atoms with Crippen molar-refractivity contribution in [1.82, 2.24) is 4.98 Å². The normalized spacial score (nSPS) is 10.5. The number of fused-ring (bicyclic) bond motifs is 1. The van der Waals surface area contributed by atoms with Gasteiger partial charge in [0, 0.05) is 5.39 Å². The molecule has 4 nitrogen and oxygen atoms in total. The average molecular weight is 259 g/mol. The first-order valence-electron chi connectivity index (χ1n) is 6.24. The fourth-order valence-corrected chi connectivity index (χ4v) is 2.04. The molecule has 0 aliphatic carbocycles. The smallest absolute Gasteiger partial charge is 0.311 e. The SMILES string of the molecule is CCOc1cccc2c(C)cc(CC(=O)OC)nc12. The molecule has 0 radical (unpaired) electrons. The van der Waals surface area contributed by atoms with Crippen LogP contribution in [0.15, 0.2) is 24.3 Å². The Kier molecular flexibility index (Phi) is 4.00. The largest absolute Gasteiger partial charge is 0.492 e. The second-order valence-electron chi connectivity index (χ2n) is 4.27. The molecule has 2 rings (SSSR count). The Morgan fingerprint density at radius 3 is 2.84 bits per heavy atom. The number of pyridine rings is 1. The Labute approximate surface area is 112 Å². The highest BCUT2D eigenvalue weighted by atomic mass is 16.5. The summed E-state index contributed by atoms with van der Waals surface area (Å²) in [5, 5.41) is 1.04. The predicted molar refractivity (Wildman–Crippen MR) is 73.4 cm³/mol. The number of aromatic nitrogens is 1. The van der Waals surface area contributed by atoms with E-state index in [2.05, 4.69) is 9.72 Å². The molecule has 0 fully saturated rings. The summed E-state index contributed by atoms with van der Waals surface area (Å²) in [6, 6.07) is 7.75. The lowest BCUT2D eigenvalue weighted by Crippen LogP contribution is -2.07. The van der Waals surface area contributed by atoms with E-state index in [1.54, 1.807) is 0 Å². The van der Waals surface area contributed by atoms with E-state index in [-0.39, 0.29) is 12.4 Å². The van der Waals surface area contributed by atoms with Crippen molar-refractivity contribution in [3.63, 3.8) is 0 Å². The summed E-state index contributed by atoms with van der Waals surface area (Å²) in [4.78, 5) is 15.9. The van der Waals surface area contributed by atoms with E-state index in [9.17, 15) is 4.79 Å². The molecule has 0 atom stereocenters. The van der Waals surface area contributed by atoms with Gasteiger partial charge in [-0.25, -0.2) is 4.98 Å². The molecule has 19 heavy (non-hydrogen) atoms. The van der Waals surface area contributed by atoms with Crippen LogP contribution in [-0.2, 0) is 16.0 Å². The summed E-state index contributed by atoms with van der Waals surface area (Å²) in [7, 11) is 1.38. The number of methoxy groups -OCH3 is 1. The number of nitrogens with zero attached hydrogens (tertiary/aromatic N) is 1. The van der Waals surface area contributed by atoms with Crippen LogP contribution in [-0.4, -0.2) is 24.7 Å². The third kappa shape index (κ3) is 2.84. The van der Waals surface area contributed by atoms with Crippen LogP contribution in [0, 0.1) is 6.92 Å². The van der Waals surface area contributed by atoms with Crippen molar-refractivity contribution >= 4 is 16.9 Å². The Bertz CT molecular complexity index is 608. The van der Waals surface area contributed by atoms with Crippen molar-refractivity contribution in [2.45, 2.75) is 20.3 Å². The fraction of sp³-hybridized carbons (Fsp3) is 0.333. The Morgan fingerprint density at radius 2 is 2.16 bits per heavy atom. The molecule has 0 saturated carbocycles. The average Bonchev–Trinajstić information content (AvgIpc) is 2.40. The second-order valence-corrected chi connectivity index (χ2v) is 4.27. The quantitative estimate of drug-likeness (QED) is 0.792. The maximum Gasteiger partial charge on any atom is 0.311 e. The maximum atomic E-state index is 11.3. The zero-order valence-electron chi connectivity index (χ0n) is 11.4. The highest BCUT2D eigenvalue weighted by Gasteiger charge is 2.10. The fourth-order valence-electron chi connectivity index (χ4n) is 2.04. The van der Waals surface area contributed by atoms with Crippen LogP contribution >= 0.6 is 0 Å². The first kappa shape index (κ1) is 13.3. The number of para-hydroxylation sites is 1. The molecule has 0 amide bonds. The van der Waals surface area contributed by atoms with E-state index < -0.39 is 0 Å². The molecule has 0 aliphatic rings. The van der Waals surface area contributed by atoms with Crippen LogP contribution in [0.3, 0.4) is 0 Å². The zero-order valence-corrected chi connectivity index (χ0v) is 11.4. The highest BCUT2D eigenvalue weighted by Crippen LogP contribution is 2.26. The number of carbonyl (C=O) groups excluding carboxylic acids is 1. The van der Waals surface area contributed by atoms with Crippen molar-refractivity contribution in [3.8, 4) is 5.75 Å². The summed E-state index contributed by atoms with van der Waals surface area (Å²) in [6.45, 7) is 4.52. The lowest BCUT2D eigenvalue weighted by molar-refractivity contribution is -0.139. The molecule has 100 valence electrons. The van der Waals surface area contributed by atoms with Crippen LogP contribution in [0.1, 0.15) is 18.2 Å². The molecule has 0 saturated heterocycles. The molecule has 0 spiro atoms. The molecule has 0 unspecified atom stereocenters. The summed E-state index contributed by atoms with van der Waals surface area (Å²) < 4.78 is 10.3. The lowest BCUT2D eigenvalue weighted by Gasteiger charge is -2.10. The monoisotopic (exact) mass is 259 g/mol. The van der Waals surface area contributed by atoms with Crippen LogP contribution in [0.5, 0.6) is 5.75 Å². The summed E-state index contributed by atoms with van der Waals surface area (Å²) >= 11 is 0. The van der Waals surface area contributed by atoms with Gasteiger partial charge in [-0.3, -0.25) is 4.79 Å². The van der Waals surface area contributed by atoms with Crippen molar-refractivity contribution in [2.75, 3.05) is 13.7 Å². The number of hydrogen-bond donors (Lipinski definition) is 0. The number of rotatable bonds is 4. The third-order valence-corrected chi connectivity index (χ3v) is 2.92. The standard InChI is InChI=1S/C15H17NO3/c1-4-19-13-7-5-6-12-10(2)8-11(16-15(12)13)9-14(17)18-3/h5-8H,4,9H2,1-3H3. The second kappa shape index (κ2) is 5.69. The molecule has 4 heteroatoms. The van der Waals surface area contributed by atoms with Gasteiger partial charge < -0.3 is 9.47 Å². The highest BCUT2D eigenvalue weighted by molar-refractivity contribution is 5.88. The first-order valence-corrected chi connectivity index (χ1v) is 6.24. The molecular weight excluding hydrogens is 242 g/mol. The molecule has 0 N–H and O–H groups in total. The lowest BCUT2D eigenvalue weighted by atomic mass is 10.1. The number of carbonyl (C=O) groups is 1. The van der Waals surface area contributed by atoms with E-state index in [4.69, 9.17) is 4.74 Å². The molecule has 1 aromatic carbocycles. The van der Waals surface area contributed by atoms with Gasteiger partial charge in [0.15, 0.2) is 0 Å². The number of hydrogen-bond acceptors (Lipinski definition) is 4. The first-order chi connectivity index (χ1) is 9.15. The number of aryl methyl sites for hydroxylation is 1. The van der Waals surface area contributed by atoms with Crippen LogP contribution in [0.2, 0.25) is 0 Å². The number of esters is 1. The van der Waals surface area contributed by atoms with Crippen LogP contribution in [0.25, 0.3) is 10.9 Å². The van der Waals surface area contributed by atoms with Gasteiger partial charge in [0.05, 0.1) is 25.8 Å². The van der Waals surface area contributed by atoms with E-state index in [0.717, 1.165) is 22.2 Å². The van der Waals surface area contributed by atoms with Gasteiger partial charge in [0.2, 0.25) is 0 Å². The van der Waals surface area contributed by atoms with Gasteiger partial charge >= 0.3 is 5.97 Å². The van der Waals surface area contributed by atoms with Crippen molar-refractivity contribution in [3.05, 3.63) is 35.5 Å². The number of ether oxygens (including phenoxy) is 2. The van der Waals surface area contributed by atoms with Gasteiger partial charge in [-0.15, -0.1) is 0 Å². The molecule has 0 aliphatic heterocycles. The van der Waals surface area contributed by atoms with Crippen molar-refractivity contribution in [2.24, 2.45) is 0 Å². The minimum Gasteiger partial charge on any atom is -0.492 e. The molecular formula is C15H17NO3. The molecule has 1 heterocycles. The van der Waals surface area contributed by atoms with Crippen molar-refractivity contribution < 1.29 is 14.3 Å². The molecule has 1 aromatic heterocycles. The van der Waals surface area contributed by atoms with E-state index in [1.165, 1.54) is 7.11 Å². The minimum absolute atomic E-state index is 0.174. The Hall–Kier alpha value is -2.10. The number of benzene rings is 1. The predicted octanol–water partition coefficient (Wildman–Crippen LogP) is 2.66. The maximum absolute atomic E-state index is 11.3. The summed E-state index contributed by atoms with van der Waals surface area (Å²) in [6.07, 6.45) is 0.174. The molecule has 2 aromatic rings. The summed E-state index contributed by atoms with van der Waals surface area (Å²) in [5.41, 5.74) is 2.57. The van der Waals surface area contributed by atoms with Gasteiger partial charge in [0.25, 0.3) is 0 Å². The van der Waals surface area contributed by atoms with Gasteiger partial charge in [0.1, 0.15) is 11.3 Å². The van der Waals surface area contributed by atoms with Gasteiger partial charge in [-0.05, 0) is 31.5 Å². The Morgan fingerprint density at radius 1 is 1.37 bits per heavy atom. The van der Waals surface area contributed by atoms with Crippen LogP contribution in [0.4, 0.5) is 0 Å². The van der Waals surface area contributed by atoms with Crippen molar-refractivity contribution in [1.29, 1.82) is 0 Å². The zero-order chi connectivity index (χ0) is 13.8.